The molecule has 0 aromatic rings. The van der Waals surface area contributed by atoms with Crippen LogP contribution < -0.4 is 0 Å². The number of Topliss-reactive ketones (excluding diaryl/α,β-unsaturated/α-hetero) is 2. The van der Waals surface area contributed by atoms with Gasteiger partial charge in [-0.3, -0.25) is 14.4 Å². The molecule has 0 aromatic heterocycles. The molecule has 1 N–H and O–H groups in total. The summed E-state index contributed by atoms with van der Waals surface area (Å²) in [5, 5.41) is 10.4. The minimum Gasteiger partial charge on any atom is -0.493 e. The molecule has 3 fully saturated rings. The van der Waals surface area contributed by atoms with Crippen LogP contribution >= 0.6 is 0 Å². The van der Waals surface area contributed by atoms with Gasteiger partial charge in [0.2, 0.25) is 5.78 Å². The Kier molecular flexibility index (Phi) is 3.91. The molecule has 1 unspecified atom stereocenters. The Morgan fingerprint density at radius 1 is 1.19 bits per heavy atom. The number of ketones is 2. The van der Waals surface area contributed by atoms with Gasteiger partial charge in [-0.2, -0.15) is 0 Å². The smallest absolute Gasteiger partial charge is 0.306 e. The van der Waals surface area contributed by atoms with Gasteiger partial charge in [0.05, 0.1) is 13.5 Å². The third-order valence-corrected chi connectivity index (χ3v) is 8.24. The second-order valence-electron chi connectivity index (χ2n) is 9.33. The number of carbonyl (C=O) groups is 3. The number of rotatable bonds is 1. The first-order valence-corrected chi connectivity index (χ1v) is 9.79. The van der Waals surface area contributed by atoms with Crippen molar-refractivity contribution in [3.63, 3.8) is 0 Å². The lowest BCUT2D eigenvalue weighted by molar-refractivity contribution is -0.224. The summed E-state index contributed by atoms with van der Waals surface area (Å²) in [7, 11) is 1.46. The summed E-state index contributed by atoms with van der Waals surface area (Å²) in [4.78, 5) is 39.2. The number of fused-ring (bicyclic) bond motifs is 2. The second kappa shape index (κ2) is 5.66. The SMILES string of the molecule is COC1=C(C)[C@@H]2CC(=O)O[C@@H]3C[C@H]4[C@H](C)C[C@H](O)C(=O)[C@]4(C)C(C1=O)[C@@]32C. The highest BCUT2D eigenvalue weighted by Gasteiger charge is 2.72. The van der Waals surface area contributed by atoms with Crippen LogP contribution in [0.25, 0.3) is 0 Å². The zero-order chi connectivity index (χ0) is 19.9. The fourth-order valence-corrected chi connectivity index (χ4v) is 7.02. The highest BCUT2D eigenvalue weighted by molar-refractivity contribution is 6.04. The number of esters is 1. The fraction of sp³-hybridized carbons (Fsp3) is 0.762. The monoisotopic (exact) mass is 376 g/mol. The topological polar surface area (TPSA) is 89.9 Å². The molecule has 2 saturated carbocycles. The van der Waals surface area contributed by atoms with E-state index in [0.717, 1.165) is 5.57 Å². The maximum atomic E-state index is 13.6. The first-order valence-electron chi connectivity index (χ1n) is 9.79. The Morgan fingerprint density at radius 2 is 1.85 bits per heavy atom. The van der Waals surface area contributed by atoms with Crippen LogP contribution in [-0.4, -0.2) is 42.0 Å². The minimum atomic E-state index is -1.06. The predicted octanol–water partition coefficient (Wildman–Crippen LogP) is 2.04. The third kappa shape index (κ3) is 2.08. The van der Waals surface area contributed by atoms with Crippen molar-refractivity contribution in [1.29, 1.82) is 0 Å². The normalized spacial score (nSPS) is 49.3. The number of aliphatic hydroxyl groups is 1. The highest BCUT2D eigenvalue weighted by atomic mass is 16.5. The molecular weight excluding hydrogens is 348 g/mol. The zero-order valence-electron chi connectivity index (χ0n) is 16.6. The van der Waals surface area contributed by atoms with Crippen molar-refractivity contribution in [2.24, 2.45) is 34.5 Å². The summed E-state index contributed by atoms with van der Waals surface area (Å²) in [6, 6.07) is 0. The van der Waals surface area contributed by atoms with Gasteiger partial charge in [0.25, 0.3) is 0 Å². The second-order valence-corrected chi connectivity index (χ2v) is 9.33. The fourth-order valence-electron chi connectivity index (χ4n) is 7.02. The lowest BCUT2D eigenvalue weighted by atomic mass is 9.39. The molecule has 0 aromatic carbocycles. The van der Waals surface area contributed by atoms with E-state index in [2.05, 4.69) is 0 Å². The average molecular weight is 376 g/mol. The lowest BCUT2D eigenvalue weighted by Crippen LogP contribution is -2.70. The molecule has 8 atom stereocenters. The molecule has 0 radical (unpaired) electrons. The molecule has 1 saturated heterocycles. The lowest BCUT2D eigenvalue weighted by Gasteiger charge is -2.65. The number of hydrogen-bond donors (Lipinski definition) is 1. The van der Waals surface area contributed by atoms with Gasteiger partial charge in [-0.25, -0.2) is 0 Å². The van der Waals surface area contributed by atoms with Gasteiger partial charge in [-0.05, 0) is 37.2 Å². The molecule has 4 aliphatic rings. The van der Waals surface area contributed by atoms with Crippen LogP contribution in [-0.2, 0) is 23.9 Å². The Morgan fingerprint density at radius 3 is 2.48 bits per heavy atom. The number of aliphatic hydroxyl groups excluding tert-OH is 1. The van der Waals surface area contributed by atoms with Crippen molar-refractivity contribution in [2.75, 3.05) is 7.11 Å². The van der Waals surface area contributed by atoms with Crippen molar-refractivity contribution in [2.45, 2.75) is 59.2 Å². The van der Waals surface area contributed by atoms with Crippen molar-refractivity contribution >= 4 is 17.5 Å². The van der Waals surface area contributed by atoms with E-state index in [1.165, 1.54) is 7.11 Å². The quantitative estimate of drug-likeness (QED) is 0.705. The number of allylic oxidation sites excluding steroid dienone is 2. The van der Waals surface area contributed by atoms with Crippen LogP contribution in [0.2, 0.25) is 0 Å². The molecule has 1 heterocycles. The molecule has 0 bridgehead atoms. The van der Waals surface area contributed by atoms with Crippen molar-refractivity contribution in [3.8, 4) is 0 Å². The van der Waals surface area contributed by atoms with Crippen LogP contribution in [0.1, 0.15) is 47.0 Å². The third-order valence-electron chi connectivity index (χ3n) is 8.24. The molecule has 1 aliphatic heterocycles. The van der Waals surface area contributed by atoms with Gasteiger partial charge in [-0.1, -0.05) is 20.8 Å². The van der Waals surface area contributed by atoms with Gasteiger partial charge >= 0.3 is 5.97 Å². The molecule has 27 heavy (non-hydrogen) atoms. The Hall–Kier alpha value is -1.69. The summed E-state index contributed by atoms with van der Waals surface area (Å²) < 4.78 is 11.2. The molecule has 0 spiro atoms. The molecule has 6 heteroatoms. The largest absolute Gasteiger partial charge is 0.493 e. The summed E-state index contributed by atoms with van der Waals surface area (Å²) >= 11 is 0. The van der Waals surface area contributed by atoms with Crippen molar-refractivity contribution in [1.82, 2.24) is 0 Å². The zero-order valence-corrected chi connectivity index (χ0v) is 16.6. The molecule has 4 rings (SSSR count). The minimum absolute atomic E-state index is 0.0529. The first kappa shape index (κ1) is 18.7. The molecule has 0 amide bonds. The van der Waals surface area contributed by atoms with Crippen molar-refractivity contribution in [3.05, 3.63) is 11.3 Å². The van der Waals surface area contributed by atoms with Gasteiger partial charge in [-0.15, -0.1) is 0 Å². The molecule has 148 valence electrons. The first-order chi connectivity index (χ1) is 12.6. The standard InChI is InChI=1S/C21H28O6/c1-9-6-13(22)19(25)21(4)11(9)7-14-20(3)12(8-15(23)27-14)10(2)17(26-5)16(24)18(20)21/h9,11-14,18,22H,6-8H2,1-5H3/t9-,11+,12+,13+,14-,18?,20-,21+/m1/s1. The van der Waals surface area contributed by atoms with Gasteiger partial charge in [0.1, 0.15) is 12.2 Å². The Labute approximate surface area is 159 Å². The van der Waals surface area contributed by atoms with E-state index in [1.807, 2.05) is 27.7 Å². The maximum Gasteiger partial charge on any atom is 0.306 e. The Bertz CT molecular complexity index is 769. The van der Waals surface area contributed by atoms with E-state index < -0.39 is 29.0 Å². The van der Waals surface area contributed by atoms with E-state index in [9.17, 15) is 19.5 Å². The number of hydrogen-bond acceptors (Lipinski definition) is 6. The summed E-state index contributed by atoms with van der Waals surface area (Å²) in [6.07, 6.45) is -0.352. The highest BCUT2D eigenvalue weighted by Crippen LogP contribution is 2.67. The molecule has 6 nitrogen and oxygen atoms in total. The van der Waals surface area contributed by atoms with E-state index >= 15 is 0 Å². The number of methoxy groups -OCH3 is 1. The van der Waals surface area contributed by atoms with Crippen LogP contribution in [0, 0.1) is 34.5 Å². The summed E-state index contributed by atoms with van der Waals surface area (Å²) in [6.45, 7) is 7.67. The Balaban J connectivity index is 1.97. The van der Waals surface area contributed by atoms with Crippen LogP contribution in [0.4, 0.5) is 0 Å². The van der Waals surface area contributed by atoms with E-state index in [-0.39, 0.29) is 47.5 Å². The van der Waals surface area contributed by atoms with E-state index in [4.69, 9.17) is 9.47 Å². The number of carbonyl (C=O) groups excluding carboxylic acids is 3. The van der Waals surface area contributed by atoms with Gasteiger partial charge < -0.3 is 14.6 Å². The van der Waals surface area contributed by atoms with Crippen LogP contribution in [0.5, 0.6) is 0 Å². The predicted molar refractivity (Wildman–Crippen MR) is 95.3 cm³/mol. The van der Waals surface area contributed by atoms with Crippen molar-refractivity contribution < 1.29 is 29.0 Å². The average Bonchev–Trinajstić information content (AvgIpc) is 2.58. The van der Waals surface area contributed by atoms with E-state index in [0.29, 0.717) is 12.8 Å². The number of ether oxygens (including phenoxy) is 2. The van der Waals surface area contributed by atoms with Gasteiger partial charge in [0, 0.05) is 22.7 Å². The van der Waals surface area contributed by atoms with Crippen LogP contribution in [0.3, 0.4) is 0 Å². The molecule has 3 aliphatic carbocycles. The summed E-state index contributed by atoms with van der Waals surface area (Å²) in [5.74, 6) is -1.40. The van der Waals surface area contributed by atoms with Gasteiger partial charge in [0.15, 0.2) is 11.5 Å². The summed E-state index contributed by atoms with van der Waals surface area (Å²) in [5.41, 5.74) is -0.900. The van der Waals surface area contributed by atoms with Crippen LogP contribution in [0.15, 0.2) is 11.3 Å². The molecular formula is C21H28O6. The maximum absolute atomic E-state index is 13.6. The van der Waals surface area contributed by atoms with E-state index in [1.54, 1.807) is 0 Å².